The lowest BCUT2D eigenvalue weighted by Gasteiger charge is -2.40. The molecule has 0 radical (unpaired) electrons. The van der Waals surface area contributed by atoms with Gasteiger partial charge in [0.2, 0.25) is 5.91 Å². The number of nitrogens with zero attached hydrogens (tertiary/aromatic N) is 2. The van der Waals surface area contributed by atoms with Crippen molar-refractivity contribution >= 4 is 5.91 Å². The van der Waals surface area contributed by atoms with Gasteiger partial charge in [-0.2, -0.15) is 0 Å². The summed E-state index contributed by atoms with van der Waals surface area (Å²) in [7, 11) is 4.00. The van der Waals surface area contributed by atoms with E-state index in [0.29, 0.717) is 12.0 Å². The first-order chi connectivity index (χ1) is 6.93. The summed E-state index contributed by atoms with van der Waals surface area (Å²) < 4.78 is 0. The van der Waals surface area contributed by atoms with E-state index in [-0.39, 0.29) is 11.9 Å². The highest BCUT2D eigenvalue weighted by molar-refractivity contribution is 5.81. The average molecular weight is 213 g/mol. The first kappa shape index (κ1) is 12.5. The Bertz CT molecular complexity index is 230. The van der Waals surface area contributed by atoms with Crippen LogP contribution in [0, 0.1) is 5.92 Å². The maximum Gasteiger partial charge on any atom is 0.239 e. The van der Waals surface area contributed by atoms with Crippen molar-refractivity contribution in [3.8, 4) is 0 Å². The van der Waals surface area contributed by atoms with Gasteiger partial charge in [-0.15, -0.1) is 0 Å². The Kier molecular flexibility index (Phi) is 4.11. The van der Waals surface area contributed by atoms with E-state index in [0.717, 1.165) is 19.5 Å². The number of likely N-dealkylation sites (tertiary alicyclic amines) is 1. The number of carbonyl (C=O) groups excluding carboxylic acids is 1. The molecule has 4 nitrogen and oxygen atoms in total. The molecule has 3 unspecified atom stereocenters. The number of rotatable bonds is 2. The zero-order chi connectivity index (χ0) is 11.6. The molecule has 0 spiro atoms. The Hall–Kier alpha value is -0.610. The fraction of sp³-hybridized carbons (Fsp3) is 0.909. The zero-order valence-corrected chi connectivity index (χ0v) is 10.2. The highest BCUT2D eigenvalue weighted by Gasteiger charge is 2.30. The van der Waals surface area contributed by atoms with Crippen LogP contribution in [-0.2, 0) is 4.79 Å². The lowest BCUT2D eigenvalue weighted by atomic mass is 9.92. The Labute approximate surface area is 92.4 Å². The third kappa shape index (κ3) is 2.92. The van der Waals surface area contributed by atoms with Gasteiger partial charge in [-0.05, 0) is 32.9 Å². The molecule has 0 aromatic carbocycles. The summed E-state index contributed by atoms with van der Waals surface area (Å²) in [4.78, 5) is 15.9. The summed E-state index contributed by atoms with van der Waals surface area (Å²) in [6.45, 7) is 6.07. The highest BCUT2D eigenvalue weighted by atomic mass is 16.2. The lowest BCUT2D eigenvalue weighted by Crippen LogP contribution is -2.52. The lowest BCUT2D eigenvalue weighted by molar-refractivity contribution is -0.134. The predicted octanol–water partition coefficient (Wildman–Crippen LogP) is 0.132. The van der Waals surface area contributed by atoms with Crippen LogP contribution in [0.4, 0.5) is 0 Å². The number of nitrogens with two attached hydrogens (primary N) is 1. The van der Waals surface area contributed by atoms with Gasteiger partial charge in [0.05, 0.1) is 6.04 Å². The highest BCUT2D eigenvalue weighted by Crippen LogP contribution is 2.20. The summed E-state index contributed by atoms with van der Waals surface area (Å²) in [5.74, 6) is 0.577. The third-order valence-corrected chi connectivity index (χ3v) is 3.30. The van der Waals surface area contributed by atoms with Gasteiger partial charge in [-0.1, -0.05) is 6.92 Å². The van der Waals surface area contributed by atoms with Gasteiger partial charge in [0.15, 0.2) is 0 Å². The van der Waals surface area contributed by atoms with E-state index in [4.69, 9.17) is 5.73 Å². The Morgan fingerprint density at radius 2 is 2.20 bits per heavy atom. The summed E-state index contributed by atoms with van der Waals surface area (Å²) in [6.07, 6.45) is 1.05. The van der Waals surface area contributed by atoms with Crippen LogP contribution >= 0.6 is 0 Å². The molecule has 0 aromatic rings. The monoisotopic (exact) mass is 213 g/mol. The number of hydrogen-bond acceptors (Lipinski definition) is 3. The molecule has 0 aromatic heterocycles. The summed E-state index contributed by atoms with van der Waals surface area (Å²) in [5, 5.41) is 0. The van der Waals surface area contributed by atoms with E-state index in [9.17, 15) is 4.79 Å². The molecule has 3 atom stereocenters. The van der Waals surface area contributed by atoms with Crippen LogP contribution in [0.5, 0.6) is 0 Å². The normalized spacial score (nSPS) is 29.9. The largest absolute Gasteiger partial charge is 0.341 e. The molecule has 15 heavy (non-hydrogen) atoms. The van der Waals surface area contributed by atoms with Gasteiger partial charge in [0.25, 0.3) is 0 Å². The number of hydrogen-bond donors (Lipinski definition) is 1. The van der Waals surface area contributed by atoms with E-state index >= 15 is 0 Å². The van der Waals surface area contributed by atoms with E-state index in [1.165, 1.54) is 0 Å². The van der Waals surface area contributed by atoms with Crippen molar-refractivity contribution in [2.75, 3.05) is 27.2 Å². The van der Waals surface area contributed by atoms with Gasteiger partial charge >= 0.3 is 0 Å². The standard InChI is InChI=1S/C11H23N3O/c1-8-7-13(3)6-5-10(8)14(4)11(15)9(2)12/h8-10H,5-7,12H2,1-4H3. The Balaban J connectivity index is 2.59. The van der Waals surface area contributed by atoms with Gasteiger partial charge in [0, 0.05) is 19.6 Å². The molecular weight excluding hydrogens is 190 g/mol. The SMILES string of the molecule is CC(N)C(=O)N(C)C1CCN(C)CC1C. The quantitative estimate of drug-likeness (QED) is 0.709. The van der Waals surface area contributed by atoms with Crippen LogP contribution in [0.3, 0.4) is 0 Å². The van der Waals surface area contributed by atoms with Crippen LogP contribution in [-0.4, -0.2) is 55.0 Å². The molecule has 1 aliphatic rings. The summed E-state index contributed by atoms with van der Waals surface area (Å²) >= 11 is 0. The van der Waals surface area contributed by atoms with Crippen LogP contribution in [0.15, 0.2) is 0 Å². The molecule has 1 amide bonds. The van der Waals surface area contributed by atoms with E-state index in [2.05, 4.69) is 18.9 Å². The minimum Gasteiger partial charge on any atom is -0.341 e. The molecule has 1 fully saturated rings. The first-order valence-electron chi connectivity index (χ1n) is 5.64. The molecule has 88 valence electrons. The van der Waals surface area contributed by atoms with Gasteiger partial charge < -0.3 is 15.5 Å². The van der Waals surface area contributed by atoms with E-state index in [1.54, 1.807) is 6.92 Å². The number of amides is 1. The third-order valence-electron chi connectivity index (χ3n) is 3.30. The van der Waals surface area contributed by atoms with Crippen LogP contribution in [0.25, 0.3) is 0 Å². The van der Waals surface area contributed by atoms with Crippen molar-refractivity contribution in [3.05, 3.63) is 0 Å². The predicted molar refractivity (Wildman–Crippen MR) is 61.5 cm³/mol. The minimum atomic E-state index is -0.387. The molecule has 4 heteroatoms. The van der Waals surface area contributed by atoms with Crippen molar-refractivity contribution in [2.24, 2.45) is 11.7 Å². The molecule has 2 N–H and O–H groups in total. The number of carbonyl (C=O) groups is 1. The van der Waals surface area contributed by atoms with Crippen LogP contribution in [0.2, 0.25) is 0 Å². The summed E-state index contributed by atoms with van der Waals surface area (Å²) in [5.41, 5.74) is 5.61. The molecule has 0 aliphatic carbocycles. The molecule has 1 rings (SSSR count). The Morgan fingerprint density at radius 3 is 2.67 bits per heavy atom. The average Bonchev–Trinajstić information content (AvgIpc) is 2.15. The smallest absolute Gasteiger partial charge is 0.239 e. The van der Waals surface area contributed by atoms with Crippen LogP contribution < -0.4 is 5.73 Å². The van der Waals surface area contributed by atoms with Crippen molar-refractivity contribution in [2.45, 2.75) is 32.4 Å². The van der Waals surface area contributed by atoms with Gasteiger partial charge in [-0.25, -0.2) is 0 Å². The second-order valence-electron chi connectivity index (χ2n) is 4.83. The Morgan fingerprint density at radius 1 is 1.60 bits per heavy atom. The fourth-order valence-corrected chi connectivity index (χ4v) is 2.40. The maximum absolute atomic E-state index is 11.8. The molecule has 0 bridgehead atoms. The molecule has 1 heterocycles. The first-order valence-corrected chi connectivity index (χ1v) is 5.64. The van der Waals surface area contributed by atoms with Crippen molar-refractivity contribution in [1.82, 2.24) is 9.80 Å². The number of piperidine rings is 1. The maximum atomic E-state index is 11.8. The van der Waals surface area contributed by atoms with Gasteiger partial charge in [0.1, 0.15) is 0 Å². The second kappa shape index (κ2) is 4.94. The van der Waals surface area contributed by atoms with Crippen molar-refractivity contribution < 1.29 is 4.79 Å². The molecule has 0 saturated carbocycles. The van der Waals surface area contributed by atoms with Crippen molar-refractivity contribution in [1.29, 1.82) is 0 Å². The van der Waals surface area contributed by atoms with Crippen LogP contribution in [0.1, 0.15) is 20.3 Å². The molecule has 1 aliphatic heterocycles. The summed E-state index contributed by atoms with van der Waals surface area (Å²) in [6, 6.07) is -0.0402. The van der Waals surface area contributed by atoms with E-state index in [1.807, 2.05) is 11.9 Å². The molecular formula is C11H23N3O. The zero-order valence-electron chi connectivity index (χ0n) is 10.2. The second-order valence-corrected chi connectivity index (χ2v) is 4.83. The topological polar surface area (TPSA) is 49.6 Å². The van der Waals surface area contributed by atoms with Gasteiger partial charge in [-0.3, -0.25) is 4.79 Å². The van der Waals surface area contributed by atoms with E-state index < -0.39 is 0 Å². The number of likely N-dealkylation sites (N-methyl/N-ethyl adjacent to an activating group) is 1. The molecule has 1 saturated heterocycles. The van der Waals surface area contributed by atoms with Crippen molar-refractivity contribution in [3.63, 3.8) is 0 Å². The fourth-order valence-electron chi connectivity index (χ4n) is 2.40. The minimum absolute atomic E-state index is 0.0522.